The van der Waals surface area contributed by atoms with E-state index in [1.165, 1.54) is 0 Å². The largest absolute Gasteiger partial charge is 0.443 e. The van der Waals surface area contributed by atoms with Gasteiger partial charge in [-0.05, 0) is 27.8 Å². The lowest BCUT2D eigenvalue weighted by Gasteiger charge is -2.24. The molecule has 0 aromatic carbocycles. The summed E-state index contributed by atoms with van der Waals surface area (Å²) in [4.78, 5) is 11.7. The Balaban J connectivity index is 2.73. The SMILES string of the molecule is COCCC(C)(C)CNC(=O)c1cc(S(N)(=O)=O)c(Br)o1. The summed E-state index contributed by atoms with van der Waals surface area (Å²) in [6.07, 6.45) is 0.772. The number of ether oxygens (including phenoxy) is 1. The number of carbonyl (C=O) groups is 1. The number of halogens is 1. The van der Waals surface area contributed by atoms with E-state index in [1.54, 1.807) is 7.11 Å². The molecule has 0 atom stereocenters. The second-order valence-corrected chi connectivity index (χ2v) is 7.63. The lowest BCUT2D eigenvalue weighted by Crippen LogP contribution is -2.34. The van der Waals surface area contributed by atoms with Gasteiger partial charge in [0.2, 0.25) is 10.0 Å². The highest BCUT2D eigenvalue weighted by atomic mass is 79.9. The molecule has 0 fully saturated rings. The van der Waals surface area contributed by atoms with Crippen molar-refractivity contribution < 1.29 is 22.4 Å². The van der Waals surface area contributed by atoms with E-state index in [9.17, 15) is 13.2 Å². The maximum absolute atomic E-state index is 12.0. The molecule has 21 heavy (non-hydrogen) atoms. The quantitative estimate of drug-likeness (QED) is 0.741. The maximum Gasteiger partial charge on any atom is 0.287 e. The second-order valence-electron chi connectivity index (χ2n) is 5.38. The molecule has 0 bridgehead atoms. The monoisotopic (exact) mass is 382 g/mol. The van der Waals surface area contributed by atoms with Crippen molar-refractivity contribution in [2.45, 2.75) is 25.2 Å². The highest BCUT2D eigenvalue weighted by Gasteiger charge is 2.24. The van der Waals surface area contributed by atoms with Gasteiger partial charge in [0.05, 0.1) is 0 Å². The van der Waals surface area contributed by atoms with Crippen LogP contribution in [0.25, 0.3) is 0 Å². The molecule has 0 spiro atoms. The van der Waals surface area contributed by atoms with Crippen molar-refractivity contribution in [3.63, 3.8) is 0 Å². The lowest BCUT2D eigenvalue weighted by molar-refractivity contribution is 0.0892. The van der Waals surface area contributed by atoms with E-state index < -0.39 is 15.9 Å². The zero-order valence-electron chi connectivity index (χ0n) is 12.1. The molecule has 7 nitrogen and oxygen atoms in total. The molecule has 1 rings (SSSR count). The highest BCUT2D eigenvalue weighted by Crippen LogP contribution is 2.25. The van der Waals surface area contributed by atoms with Gasteiger partial charge in [0.1, 0.15) is 4.90 Å². The molecule has 0 radical (unpaired) electrons. The zero-order chi connectivity index (χ0) is 16.3. The summed E-state index contributed by atoms with van der Waals surface area (Å²) in [6.45, 7) is 4.96. The summed E-state index contributed by atoms with van der Waals surface area (Å²) in [5, 5.41) is 7.70. The van der Waals surface area contributed by atoms with Crippen LogP contribution in [-0.4, -0.2) is 34.6 Å². The number of primary sulfonamides is 1. The van der Waals surface area contributed by atoms with E-state index in [0.717, 1.165) is 12.5 Å². The van der Waals surface area contributed by atoms with E-state index in [4.69, 9.17) is 14.3 Å². The Hall–Kier alpha value is -0.900. The fourth-order valence-corrected chi connectivity index (χ4v) is 3.03. The molecule has 1 amide bonds. The van der Waals surface area contributed by atoms with Crippen LogP contribution in [0.1, 0.15) is 30.8 Å². The average molecular weight is 383 g/mol. The number of hydrogen-bond acceptors (Lipinski definition) is 5. The third-order valence-corrected chi connectivity index (χ3v) is 4.66. The van der Waals surface area contributed by atoms with E-state index in [1.807, 2.05) is 13.8 Å². The fourth-order valence-electron chi connectivity index (χ4n) is 1.53. The van der Waals surface area contributed by atoms with Gasteiger partial charge in [-0.15, -0.1) is 0 Å². The zero-order valence-corrected chi connectivity index (χ0v) is 14.5. The molecule has 0 aliphatic carbocycles. The number of hydrogen-bond donors (Lipinski definition) is 2. The van der Waals surface area contributed by atoms with Gasteiger partial charge in [0.15, 0.2) is 10.4 Å². The van der Waals surface area contributed by atoms with Crippen molar-refractivity contribution in [2.75, 3.05) is 20.3 Å². The Morgan fingerprint density at radius 1 is 1.52 bits per heavy atom. The number of nitrogens with one attached hydrogen (secondary N) is 1. The third-order valence-electron chi connectivity index (χ3n) is 2.90. The van der Waals surface area contributed by atoms with Crippen molar-refractivity contribution in [3.05, 3.63) is 16.5 Å². The minimum absolute atomic E-state index is 0.0891. The number of amides is 1. The number of sulfonamides is 1. The summed E-state index contributed by atoms with van der Waals surface area (Å²) < 4.78 is 32.5. The predicted octanol–water partition coefficient (Wildman–Crippen LogP) is 1.48. The normalized spacial score (nSPS) is 12.4. The van der Waals surface area contributed by atoms with Crippen LogP contribution in [0, 0.1) is 5.41 Å². The van der Waals surface area contributed by atoms with Gasteiger partial charge in [-0.25, -0.2) is 13.6 Å². The Bertz CT molecular complexity index is 609. The molecule has 1 aromatic heterocycles. The molecule has 0 aliphatic heterocycles. The summed E-state index contributed by atoms with van der Waals surface area (Å²) in [6, 6.07) is 1.09. The molecule has 1 aromatic rings. The third kappa shape index (κ3) is 5.42. The van der Waals surface area contributed by atoms with Crippen molar-refractivity contribution in [2.24, 2.45) is 10.6 Å². The molecule has 0 saturated carbocycles. The Kier molecular flexibility index (Phi) is 5.97. The Morgan fingerprint density at radius 3 is 2.62 bits per heavy atom. The molecule has 0 unspecified atom stereocenters. The van der Waals surface area contributed by atoms with Gasteiger partial charge in [-0.2, -0.15) is 0 Å². The number of furan rings is 1. The standard InChI is InChI=1S/C12H19BrN2O5S/c1-12(2,4-5-19-3)7-15-11(16)8-6-9(10(13)20-8)21(14,17)18/h6H,4-5,7H2,1-3H3,(H,15,16)(H2,14,17,18). The summed E-state index contributed by atoms with van der Waals surface area (Å²) in [5.74, 6) is -0.621. The number of methoxy groups -OCH3 is 1. The van der Waals surface area contributed by atoms with Gasteiger partial charge in [0.25, 0.3) is 5.91 Å². The molecular weight excluding hydrogens is 364 g/mol. The molecule has 0 aliphatic rings. The van der Waals surface area contributed by atoms with Crippen molar-refractivity contribution >= 4 is 31.9 Å². The maximum atomic E-state index is 12.0. The van der Waals surface area contributed by atoms with Gasteiger partial charge in [0, 0.05) is 26.3 Å². The summed E-state index contributed by atoms with van der Waals surface area (Å²) in [7, 11) is -2.32. The van der Waals surface area contributed by atoms with Gasteiger partial charge >= 0.3 is 0 Å². The first-order valence-corrected chi connectivity index (χ1v) is 8.50. The number of carbonyl (C=O) groups excluding carboxylic acids is 1. The molecule has 1 heterocycles. The average Bonchev–Trinajstić information content (AvgIpc) is 2.76. The van der Waals surface area contributed by atoms with Crippen LogP contribution in [0.5, 0.6) is 0 Å². The highest BCUT2D eigenvalue weighted by molar-refractivity contribution is 9.10. The van der Waals surface area contributed by atoms with Crippen LogP contribution >= 0.6 is 15.9 Å². The fraction of sp³-hybridized carbons (Fsp3) is 0.583. The molecule has 0 saturated heterocycles. The first-order chi connectivity index (χ1) is 9.57. The molecule has 120 valence electrons. The van der Waals surface area contributed by atoms with E-state index in [-0.39, 0.29) is 20.7 Å². The Labute approximate surface area is 132 Å². The smallest absolute Gasteiger partial charge is 0.287 e. The minimum atomic E-state index is -3.94. The van der Waals surface area contributed by atoms with Gasteiger partial charge < -0.3 is 14.5 Å². The first kappa shape index (κ1) is 18.1. The topological polar surface area (TPSA) is 112 Å². The minimum Gasteiger partial charge on any atom is -0.443 e. The Morgan fingerprint density at radius 2 is 2.14 bits per heavy atom. The van der Waals surface area contributed by atoms with Crippen molar-refractivity contribution in [1.82, 2.24) is 5.32 Å². The predicted molar refractivity (Wildman–Crippen MR) is 80.4 cm³/mol. The van der Waals surface area contributed by atoms with Crippen LogP contribution in [0.15, 0.2) is 20.0 Å². The van der Waals surface area contributed by atoms with E-state index in [2.05, 4.69) is 21.2 Å². The second kappa shape index (κ2) is 6.91. The first-order valence-electron chi connectivity index (χ1n) is 6.16. The van der Waals surface area contributed by atoms with E-state index in [0.29, 0.717) is 13.2 Å². The van der Waals surface area contributed by atoms with Gasteiger partial charge in [-0.1, -0.05) is 13.8 Å². The van der Waals surface area contributed by atoms with Crippen molar-refractivity contribution in [3.8, 4) is 0 Å². The number of nitrogens with two attached hydrogens (primary N) is 1. The molecule has 3 N–H and O–H groups in total. The lowest BCUT2D eigenvalue weighted by atomic mass is 9.90. The van der Waals surface area contributed by atoms with Crippen LogP contribution in [0.4, 0.5) is 0 Å². The van der Waals surface area contributed by atoms with Gasteiger partial charge in [-0.3, -0.25) is 4.79 Å². The van der Waals surface area contributed by atoms with Crippen LogP contribution in [0.2, 0.25) is 0 Å². The van der Waals surface area contributed by atoms with Crippen LogP contribution < -0.4 is 10.5 Å². The van der Waals surface area contributed by atoms with E-state index >= 15 is 0 Å². The van der Waals surface area contributed by atoms with Crippen molar-refractivity contribution in [1.29, 1.82) is 0 Å². The molecule has 9 heteroatoms. The number of rotatable bonds is 7. The molecular formula is C12H19BrN2O5S. The summed E-state index contributed by atoms with van der Waals surface area (Å²) >= 11 is 2.92. The van der Waals surface area contributed by atoms with Crippen LogP contribution in [0.3, 0.4) is 0 Å². The van der Waals surface area contributed by atoms with Crippen LogP contribution in [-0.2, 0) is 14.8 Å². The summed E-state index contributed by atoms with van der Waals surface area (Å²) in [5.41, 5.74) is -0.154.